The first-order valence-electron chi connectivity index (χ1n) is 7.38. The maximum absolute atomic E-state index is 6.01. The monoisotopic (exact) mass is 280 g/mol. The Balaban J connectivity index is 1.80. The van der Waals surface area contributed by atoms with Crippen molar-refractivity contribution < 1.29 is 13.9 Å². The lowest BCUT2D eigenvalue weighted by molar-refractivity contribution is -0.103. The lowest BCUT2D eigenvalue weighted by atomic mass is 9.79. The van der Waals surface area contributed by atoms with E-state index >= 15 is 0 Å². The fourth-order valence-corrected chi connectivity index (χ4v) is 3.65. The minimum absolute atomic E-state index is 0.0926. The number of ether oxygens (including phenoxy) is 2. The van der Waals surface area contributed by atoms with Crippen molar-refractivity contribution in [2.75, 3.05) is 19.8 Å². The SMILES string of the molecule is Cc1cc(C(NN)C2CCOC3(CCOC3)C2)c(C)o1. The molecule has 112 valence electrons. The van der Waals surface area contributed by atoms with Gasteiger partial charge in [-0.25, -0.2) is 0 Å². The molecule has 3 rings (SSSR count). The van der Waals surface area contributed by atoms with E-state index in [4.69, 9.17) is 19.7 Å². The van der Waals surface area contributed by atoms with Gasteiger partial charge in [0.15, 0.2) is 0 Å². The van der Waals surface area contributed by atoms with Crippen molar-refractivity contribution in [1.82, 2.24) is 5.43 Å². The summed E-state index contributed by atoms with van der Waals surface area (Å²) in [5.74, 6) is 8.17. The number of aryl methyl sites for hydroxylation is 2. The van der Waals surface area contributed by atoms with E-state index in [1.54, 1.807) is 0 Å². The first-order chi connectivity index (χ1) is 9.63. The van der Waals surface area contributed by atoms with Crippen molar-refractivity contribution in [3.05, 3.63) is 23.2 Å². The molecule has 3 atom stereocenters. The van der Waals surface area contributed by atoms with Crippen molar-refractivity contribution >= 4 is 0 Å². The van der Waals surface area contributed by atoms with Gasteiger partial charge in [0.2, 0.25) is 0 Å². The Morgan fingerprint density at radius 1 is 1.40 bits per heavy atom. The number of nitrogens with one attached hydrogen (secondary N) is 1. The van der Waals surface area contributed by atoms with Crippen LogP contribution in [-0.4, -0.2) is 25.4 Å². The van der Waals surface area contributed by atoms with Gasteiger partial charge in [0.25, 0.3) is 0 Å². The second kappa shape index (κ2) is 5.48. The summed E-state index contributed by atoms with van der Waals surface area (Å²) < 4.78 is 17.2. The fraction of sp³-hybridized carbons (Fsp3) is 0.733. The van der Waals surface area contributed by atoms with E-state index in [9.17, 15) is 0 Å². The molecule has 1 spiro atoms. The average molecular weight is 280 g/mol. The van der Waals surface area contributed by atoms with Gasteiger partial charge in [-0.1, -0.05) is 0 Å². The van der Waals surface area contributed by atoms with Crippen molar-refractivity contribution in [3.8, 4) is 0 Å². The average Bonchev–Trinajstić information content (AvgIpc) is 2.99. The highest BCUT2D eigenvalue weighted by Gasteiger charge is 2.43. The van der Waals surface area contributed by atoms with Crippen molar-refractivity contribution in [1.29, 1.82) is 0 Å². The van der Waals surface area contributed by atoms with Crippen molar-refractivity contribution in [3.63, 3.8) is 0 Å². The molecule has 5 heteroatoms. The summed E-state index contributed by atoms with van der Waals surface area (Å²) in [6.07, 6.45) is 3.00. The van der Waals surface area contributed by atoms with Crippen molar-refractivity contribution in [2.45, 2.75) is 44.8 Å². The van der Waals surface area contributed by atoms with Crippen LogP contribution >= 0.6 is 0 Å². The van der Waals surface area contributed by atoms with Gasteiger partial charge in [-0.15, -0.1) is 0 Å². The number of hydrogen-bond acceptors (Lipinski definition) is 5. The van der Waals surface area contributed by atoms with Gasteiger partial charge in [0.05, 0.1) is 18.2 Å². The molecule has 0 amide bonds. The molecule has 1 aromatic rings. The molecule has 2 saturated heterocycles. The summed E-state index contributed by atoms with van der Waals surface area (Å²) in [6, 6.07) is 2.21. The van der Waals surface area contributed by atoms with Crippen LogP contribution in [0.1, 0.15) is 42.4 Å². The molecule has 20 heavy (non-hydrogen) atoms. The summed E-state index contributed by atoms with van der Waals surface area (Å²) in [5.41, 5.74) is 4.07. The zero-order chi connectivity index (χ0) is 14.2. The smallest absolute Gasteiger partial charge is 0.105 e. The van der Waals surface area contributed by atoms with E-state index in [-0.39, 0.29) is 11.6 Å². The molecule has 0 bridgehead atoms. The van der Waals surface area contributed by atoms with Crippen molar-refractivity contribution in [2.24, 2.45) is 11.8 Å². The fourth-order valence-electron chi connectivity index (χ4n) is 3.65. The van der Waals surface area contributed by atoms with Gasteiger partial charge in [0.1, 0.15) is 11.5 Å². The number of furan rings is 1. The Kier molecular flexibility index (Phi) is 3.86. The van der Waals surface area contributed by atoms with Gasteiger partial charge in [-0.3, -0.25) is 11.3 Å². The molecule has 5 nitrogen and oxygen atoms in total. The Morgan fingerprint density at radius 2 is 2.25 bits per heavy atom. The first kappa shape index (κ1) is 14.1. The van der Waals surface area contributed by atoms with E-state index in [1.165, 1.54) is 5.56 Å². The second-order valence-electron chi connectivity index (χ2n) is 6.10. The molecule has 3 heterocycles. The van der Waals surface area contributed by atoms with Crippen LogP contribution in [0.25, 0.3) is 0 Å². The molecule has 0 saturated carbocycles. The highest BCUT2D eigenvalue weighted by atomic mass is 16.6. The molecule has 3 unspecified atom stereocenters. The van der Waals surface area contributed by atoms with Gasteiger partial charge in [0, 0.05) is 25.2 Å². The normalized spacial score (nSPS) is 31.9. The predicted octanol–water partition coefficient (Wildman–Crippen LogP) is 1.99. The van der Waals surface area contributed by atoms with Gasteiger partial charge >= 0.3 is 0 Å². The molecule has 3 N–H and O–H groups in total. The lowest BCUT2D eigenvalue weighted by Gasteiger charge is -2.40. The van der Waals surface area contributed by atoms with Gasteiger partial charge in [-0.05, 0) is 38.7 Å². The van der Waals surface area contributed by atoms with Gasteiger partial charge in [-0.2, -0.15) is 0 Å². The highest BCUT2D eigenvalue weighted by molar-refractivity contribution is 5.25. The highest BCUT2D eigenvalue weighted by Crippen LogP contribution is 2.41. The lowest BCUT2D eigenvalue weighted by Crippen LogP contribution is -2.45. The third kappa shape index (κ3) is 2.51. The summed E-state index contributed by atoms with van der Waals surface area (Å²) in [7, 11) is 0. The Bertz CT molecular complexity index is 466. The number of nitrogens with two attached hydrogens (primary N) is 1. The maximum Gasteiger partial charge on any atom is 0.105 e. The standard InChI is InChI=1S/C15H24N2O3/c1-10-7-13(11(2)20-10)14(17-16)12-3-5-19-15(8-12)4-6-18-9-15/h7,12,14,17H,3-6,8-9,16H2,1-2H3. The van der Waals surface area contributed by atoms with E-state index in [0.717, 1.165) is 44.0 Å². The molecule has 0 radical (unpaired) electrons. The molecule has 0 aliphatic carbocycles. The van der Waals surface area contributed by atoms with E-state index in [2.05, 4.69) is 11.5 Å². The van der Waals surface area contributed by atoms with E-state index in [1.807, 2.05) is 13.8 Å². The zero-order valence-corrected chi connectivity index (χ0v) is 12.3. The number of hydrogen-bond donors (Lipinski definition) is 2. The molecule has 2 fully saturated rings. The molecule has 2 aliphatic heterocycles. The molecule has 2 aliphatic rings. The molecular weight excluding hydrogens is 256 g/mol. The van der Waals surface area contributed by atoms with Crippen LogP contribution in [0.3, 0.4) is 0 Å². The van der Waals surface area contributed by atoms with Crippen LogP contribution in [0.2, 0.25) is 0 Å². The minimum Gasteiger partial charge on any atom is -0.466 e. The topological polar surface area (TPSA) is 69.7 Å². The van der Waals surface area contributed by atoms with Crippen LogP contribution in [0, 0.1) is 19.8 Å². The zero-order valence-electron chi connectivity index (χ0n) is 12.3. The number of hydrazine groups is 1. The summed E-state index contributed by atoms with van der Waals surface area (Å²) in [4.78, 5) is 0. The number of rotatable bonds is 3. The van der Waals surface area contributed by atoms with Crippen LogP contribution in [0.5, 0.6) is 0 Å². The Hall–Kier alpha value is -0.880. The molecule has 1 aromatic heterocycles. The summed E-state index contributed by atoms with van der Waals surface area (Å²) in [5, 5.41) is 0. The van der Waals surface area contributed by atoms with Crippen LogP contribution in [-0.2, 0) is 9.47 Å². The van der Waals surface area contributed by atoms with Crippen LogP contribution in [0.4, 0.5) is 0 Å². The van der Waals surface area contributed by atoms with Gasteiger partial charge < -0.3 is 13.9 Å². The molecular formula is C15H24N2O3. The van der Waals surface area contributed by atoms with Crippen LogP contribution < -0.4 is 11.3 Å². The summed E-state index contributed by atoms with van der Waals surface area (Å²) >= 11 is 0. The largest absolute Gasteiger partial charge is 0.466 e. The van der Waals surface area contributed by atoms with E-state index in [0.29, 0.717) is 12.5 Å². The Morgan fingerprint density at radius 3 is 2.85 bits per heavy atom. The quantitative estimate of drug-likeness (QED) is 0.654. The maximum atomic E-state index is 6.01. The predicted molar refractivity (Wildman–Crippen MR) is 75.1 cm³/mol. The second-order valence-corrected chi connectivity index (χ2v) is 6.10. The first-order valence-corrected chi connectivity index (χ1v) is 7.38. The third-order valence-electron chi connectivity index (χ3n) is 4.66. The third-order valence-corrected chi connectivity index (χ3v) is 4.66. The minimum atomic E-state index is -0.0926. The Labute approximate surface area is 119 Å². The van der Waals surface area contributed by atoms with E-state index < -0.39 is 0 Å². The van der Waals surface area contributed by atoms with Crippen LogP contribution in [0.15, 0.2) is 10.5 Å². The molecule has 0 aromatic carbocycles. The summed E-state index contributed by atoms with van der Waals surface area (Å²) in [6.45, 7) is 6.27.